The lowest BCUT2D eigenvalue weighted by Gasteiger charge is -2.25. The Morgan fingerprint density at radius 2 is 2.15 bits per heavy atom. The van der Waals surface area contributed by atoms with E-state index in [2.05, 4.69) is 5.10 Å². The molecule has 0 radical (unpaired) electrons. The fraction of sp³-hybridized carbons (Fsp3) is 0.474. The Balaban J connectivity index is 1.68. The topological polar surface area (TPSA) is 56.6 Å². The summed E-state index contributed by atoms with van der Waals surface area (Å²) in [5, 5.41) is 5.07. The van der Waals surface area contributed by atoms with Crippen LogP contribution in [0.3, 0.4) is 0 Å². The van der Waals surface area contributed by atoms with Crippen molar-refractivity contribution in [2.24, 2.45) is 7.05 Å². The van der Waals surface area contributed by atoms with Crippen molar-refractivity contribution in [3.63, 3.8) is 0 Å². The lowest BCUT2D eigenvalue weighted by atomic mass is 9.99. The number of aromatic nitrogens is 2. The molecule has 0 saturated carbocycles. The molecule has 2 heterocycles. The number of hydrogen-bond acceptors (Lipinski definition) is 4. The summed E-state index contributed by atoms with van der Waals surface area (Å²) < 4.78 is 13.2. The monoisotopic (exact) mass is 377 g/mol. The summed E-state index contributed by atoms with van der Waals surface area (Å²) >= 11 is 6.08. The summed E-state index contributed by atoms with van der Waals surface area (Å²) in [6.07, 6.45) is 0.663. The summed E-state index contributed by atoms with van der Waals surface area (Å²) in [5.74, 6) is 0.554. The standard InChI is InChI=1S/C19H24ClN3O3/c1-12-11-14-17(13(2)26-12)21-23(4)18(14)19(24)22(3)9-10-25-16-8-6-5-7-15(16)20/h5-8,12-13H,9-11H2,1-4H3/t12-,13+/m1/s1. The second-order valence-corrected chi connectivity index (χ2v) is 7.04. The Labute approximate surface area is 158 Å². The van der Waals surface area contributed by atoms with E-state index >= 15 is 0 Å². The summed E-state index contributed by atoms with van der Waals surface area (Å²) in [6, 6.07) is 7.30. The molecule has 0 N–H and O–H groups in total. The summed E-state index contributed by atoms with van der Waals surface area (Å²) in [4.78, 5) is 14.6. The van der Waals surface area contributed by atoms with Gasteiger partial charge in [-0.15, -0.1) is 0 Å². The zero-order valence-corrected chi connectivity index (χ0v) is 16.3. The summed E-state index contributed by atoms with van der Waals surface area (Å²) in [7, 11) is 3.57. The number of likely N-dealkylation sites (N-methyl/N-ethyl adjacent to an activating group) is 1. The first-order valence-corrected chi connectivity index (χ1v) is 9.10. The maximum atomic E-state index is 13.0. The maximum absolute atomic E-state index is 13.0. The molecule has 3 rings (SSSR count). The zero-order chi connectivity index (χ0) is 18.8. The number of aryl methyl sites for hydroxylation is 1. The molecule has 2 aromatic rings. The van der Waals surface area contributed by atoms with Crippen molar-refractivity contribution in [2.75, 3.05) is 20.2 Å². The number of ether oxygens (including phenoxy) is 2. The van der Waals surface area contributed by atoms with Gasteiger partial charge >= 0.3 is 0 Å². The van der Waals surface area contributed by atoms with E-state index in [9.17, 15) is 4.79 Å². The van der Waals surface area contributed by atoms with Crippen LogP contribution in [0.2, 0.25) is 5.02 Å². The van der Waals surface area contributed by atoms with Gasteiger partial charge in [-0.1, -0.05) is 23.7 Å². The first-order chi connectivity index (χ1) is 12.4. The molecule has 2 atom stereocenters. The minimum atomic E-state index is -0.102. The molecule has 1 aliphatic rings. The second kappa shape index (κ2) is 7.68. The van der Waals surface area contributed by atoms with E-state index in [1.807, 2.05) is 32.0 Å². The third-order valence-electron chi connectivity index (χ3n) is 4.56. The molecule has 0 spiro atoms. The molecule has 1 aromatic carbocycles. The number of hydrogen-bond donors (Lipinski definition) is 0. The highest BCUT2D eigenvalue weighted by Gasteiger charge is 2.32. The number of fused-ring (bicyclic) bond motifs is 1. The Morgan fingerprint density at radius 3 is 2.88 bits per heavy atom. The fourth-order valence-corrected chi connectivity index (χ4v) is 3.46. The largest absolute Gasteiger partial charge is 0.490 e. The van der Waals surface area contributed by atoms with Crippen LogP contribution in [0, 0.1) is 0 Å². The number of rotatable bonds is 5. The third-order valence-corrected chi connectivity index (χ3v) is 4.87. The predicted molar refractivity (Wildman–Crippen MR) is 99.8 cm³/mol. The average Bonchev–Trinajstić information content (AvgIpc) is 2.92. The van der Waals surface area contributed by atoms with E-state index in [1.54, 1.807) is 29.7 Å². The molecule has 1 aromatic heterocycles. The van der Waals surface area contributed by atoms with Crippen molar-refractivity contribution in [3.05, 3.63) is 46.2 Å². The van der Waals surface area contributed by atoms with E-state index in [0.29, 0.717) is 36.0 Å². The Kier molecular flexibility index (Phi) is 5.53. The van der Waals surface area contributed by atoms with Crippen LogP contribution in [-0.4, -0.2) is 46.9 Å². The summed E-state index contributed by atoms with van der Waals surface area (Å²) in [6.45, 7) is 4.80. The highest BCUT2D eigenvalue weighted by Crippen LogP contribution is 2.31. The van der Waals surface area contributed by atoms with Crippen molar-refractivity contribution in [2.45, 2.75) is 32.5 Å². The maximum Gasteiger partial charge on any atom is 0.272 e. The van der Waals surface area contributed by atoms with Crippen LogP contribution in [0.1, 0.15) is 41.7 Å². The molecule has 7 heteroatoms. The summed E-state index contributed by atoms with van der Waals surface area (Å²) in [5.41, 5.74) is 2.47. The van der Waals surface area contributed by atoms with E-state index in [4.69, 9.17) is 21.1 Å². The lowest BCUT2D eigenvalue weighted by molar-refractivity contribution is -0.00713. The van der Waals surface area contributed by atoms with E-state index in [0.717, 1.165) is 11.3 Å². The molecular weight excluding hydrogens is 354 g/mol. The van der Waals surface area contributed by atoms with Gasteiger partial charge in [0.05, 0.1) is 29.5 Å². The molecule has 1 amide bonds. The minimum Gasteiger partial charge on any atom is -0.490 e. The molecular formula is C19H24ClN3O3. The van der Waals surface area contributed by atoms with Crippen molar-refractivity contribution < 1.29 is 14.3 Å². The highest BCUT2D eigenvalue weighted by molar-refractivity contribution is 6.32. The van der Waals surface area contributed by atoms with Crippen LogP contribution in [0.15, 0.2) is 24.3 Å². The molecule has 0 unspecified atom stereocenters. The molecule has 1 aliphatic heterocycles. The molecule has 0 fully saturated rings. The number of benzene rings is 1. The first-order valence-electron chi connectivity index (χ1n) is 8.72. The van der Waals surface area contributed by atoms with Crippen LogP contribution >= 0.6 is 11.6 Å². The van der Waals surface area contributed by atoms with Gasteiger partial charge in [0.1, 0.15) is 18.1 Å². The van der Waals surface area contributed by atoms with Gasteiger partial charge < -0.3 is 14.4 Å². The van der Waals surface area contributed by atoms with Crippen molar-refractivity contribution in [1.29, 1.82) is 0 Å². The van der Waals surface area contributed by atoms with Gasteiger partial charge in [0, 0.05) is 26.1 Å². The van der Waals surface area contributed by atoms with Gasteiger partial charge in [0.25, 0.3) is 5.91 Å². The molecule has 6 nitrogen and oxygen atoms in total. The molecule has 0 bridgehead atoms. The Morgan fingerprint density at radius 1 is 1.42 bits per heavy atom. The molecule has 140 valence electrons. The second-order valence-electron chi connectivity index (χ2n) is 6.63. The van der Waals surface area contributed by atoms with Gasteiger partial charge in [-0.25, -0.2) is 0 Å². The van der Waals surface area contributed by atoms with E-state index < -0.39 is 0 Å². The number of halogens is 1. The smallest absolute Gasteiger partial charge is 0.272 e. The van der Waals surface area contributed by atoms with Gasteiger partial charge in [-0.05, 0) is 26.0 Å². The number of carbonyl (C=O) groups is 1. The van der Waals surface area contributed by atoms with E-state index in [1.165, 1.54) is 0 Å². The Hall–Kier alpha value is -2.05. The van der Waals surface area contributed by atoms with Crippen molar-refractivity contribution in [1.82, 2.24) is 14.7 Å². The van der Waals surface area contributed by atoms with Crippen LogP contribution in [0.25, 0.3) is 0 Å². The average molecular weight is 378 g/mol. The molecule has 0 saturated heterocycles. The lowest BCUT2D eigenvalue weighted by Crippen LogP contribution is -2.33. The number of carbonyl (C=O) groups excluding carboxylic acids is 1. The van der Waals surface area contributed by atoms with Crippen LogP contribution in [0.5, 0.6) is 5.75 Å². The number of para-hydroxylation sites is 1. The third kappa shape index (κ3) is 3.71. The van der Waals surface area contributed by atoms with E-state index in [-0.39, 0.29) is 18.1 Å². The Bertz CT molecular complexity index is 805. The minimum absolute atomic E-state index is 0.0645. The van der Waals surface area contributed by atoms with Crippen LogP contribution in [-0.2, 0) is 18.2 Å². The highest BCUT2D eigenvalue weighted by atomic mass is 35.5. The number of amides is 1. The SMILES string of the molecule is C[C@@H]1Cc2c(nn(C)c2C(=O)N(C)CCOc2ccccc2Cl)[C@H](C)O1. The van der Waals surface area contributed by atoms with Gasteiger partial charge in [0.15, 0.2) is 0 Å². The molecule has 26 heavy (non-hydrogen) atoms. The van der Waals surface area contributed by atoms with Crippen LogP contribution in [0.4, 0.5) is 0 Å². The van der Waals surface area contributed by atoms with Crippen LogP contribution < -0.4 is 4.74 Å². The predicted octanol–water partition coefficient (Wildman–Crippen LogP) is 3.25. The van der Waals surface area contributed by atoms with Crippen molar-refractivity contribution >= 4 is 17.5 Å². The first kappa shape index (κ1) is 18.7. The van der Waals surface area contributed by atoms with Gasteiger partial charge in [0.2, 0.25) is 0 Å². The van der Waals surface area contributed by atoms with Gasteiger partial charge in [-0.3, -0.25) is 9.48 Å². The number of nitrogens with zero attached hydrogens (tertiary/aromatic N) is 3. The fourth-order valence-electron chi connectivity index (χ4n) is 3.27. The van der Waals surface area contributed by atoms with Crippen molar-refractivity contribution in [3.8, 4) is 5.75 Å². The molecule has 0 aliphatic carbocycles. The van der Waals surface area contributed by atoms with Gasteiger partial charge in [-0.2, -0.15) is 5.10 Å². The zero-order valence-electron chi connectivity index (χ0n) is 15.5. The quantitative estimate of drug-likeness (QED) is 0.802. The normalized spacial score (nSPS) is 19.1.